The zero-order valence-electron chi connectivity index (χ0n) is 20.0. The topological polar surface area (TPSA) is 27.7 Å². The van der Waals surface area contributed by atoms with Gasteiger partial charge in [0.2, 0.25) is 6.79 Å². The third-order valence-electron chi connectivity index (χ3n) is 5.99. The van der Waals surface area contributed by atoms with E-state index in [-0.39, 0.29) is 0 Å². The Labute approximate surface area is 182 Å². The molecule has 4 rings (SSSR count). The van der Waals surface area contributed by atoms with Crippen LogP contribution in [0.25, 0.3) is 0 Å². The Bertz CT molecular complexity index is 735. The minimum Gasteiger partial charge on any atom is -0.493 e. The fourth-order valence-corrected chi connectivity index (χ4v) is 4.29. The summed E-state index contributed by atoms with van der Waals surface area (Å²) in [6.45, 7) is 18.9. The molecule has 30 heavy (non-hydrogen) atoms. The number of rotatable bonds is 4. The van der Waals surface area contributed by atoms with Crippen LogP contribution in [0.1, 0.15) is 107 Å². The van der Waals surface area contributed by atoms with Gasteiger partial charge in [-0.15, -0.1) is 0 Å². The summed E-state index contributed by atoms with van der Waals surface area (Å²) in [4.78, 5) is 0. The zero-order chi connectivity index (χ0) is 22.0. The number of fused-ring (bicyclic) bond motifs is 2. The summed E-state index contributed by atoms with van der Waals surface area (Å²) in [5.41, 5.74) is 6.77. The number of benzene rings is 2. The van der Waals surface area contributed by atoms with Crippen LogP contribution >= 0.6 is 0 Å². The van der Waals surface area contributed by atoms with E-state index >= 15 is 0 Å². The maximum Gasteiger partial charge on any atom is 0.231 e. The highest BCUT2D eigenvalue weighted by Gasteiger charge is 2.24. The van der Waals surface area contributed by atoms with Crippen molar-refractivity contribution in [2.45, 2.75) is 85.5 Å². The van der Waals surface area contributed by atoms with Gasteiger partial charge in [-0.3, -0.25) is 0 Å². The molecular weight excluding hydrogens is 372 g/mol. The van der Waals surface area contributed by atoms with Gasteiger partial charge in [0.05, 0.1) is 6.61 Å². The summed E-state index contributed by atoms with van der Waals surface area (Å²) >= 11 is 0. The molecule has 164 valence electrons. The maximum absolute atomic E-state index is 5.78. The Morgan fingerprint density at radius 2 is 0.933 bits per heavy atom. The van der Waals surface area contributed by atoms with Gasteiger partial charge < -0.3 is 14.2 Å². The summed E-state index contributed by atoms with van der Waals surface area (Å²) in [5.74, 6) is 5.19. The van der Waals surface area contributed by atoms with Crippen LogP contribution in [0.5, 0.6) is 17.2 Å². The average molecular weight is 411 g/mol. The fraction of sp³-hybridized carbons (Fsp3) is 0.556. The van der Waals surface area contributed by atoms with E-state index in [0.717, 1.165) is 24.5 Å². The molecule has 2 heterocycles. The van der Waals surface area contributed by atoms with Crippen LogP contribution in [0.4, 0.5) is 0 Å². The predicted molar refractivity (Wildman–Crippen MR) is 125 cm³/mol. The molecule has 0 radical (unpaired) electrons. The number of hydrogen-bond acceptors (Lipinski definition) is 3. The quantitative estimate of drug-likeness (QED) is 0.521. The summed E-state index contributed by atoms with van der Waals surface area (Å²) in [7, 11) is 0. The van der Waals surface area contributed by atoms with E-state index in [1.807, 2.05) is 0 Å². The van der Waals surface area contributed by atoms with Gasteiger partial charge in [-0.25, -0.2) is 0 Å². The first-order chi connectivity index (χ1) is 14.2. The second-order valence-corrected chi connectivity index (χ2v) is 9.58. The highest BCUT2D eigenvalue weighted by Crippen LogP contribution is 2.44. The van der Waals surface area contributed by atoms with Gasteiger partial charge in [-0.2, -0.15) is 0 Å². The molecule has 0 bridgehead atoms. The number of ether oxygens (including phenoxy) is 3. The number of hydrogen-bond donors (Lipinski definition) is 0. The minimum atomic E-state index is 0.360. The SMILES string of the molecule is CC(C)c1ccc(C(C)C)c2c1CCO2.CC(C)c1ccc(C(C)C)c2c1OCO2. The molecule has 2 aromatic carbocycles. The molecule has 2 aromatic rings. The monoisotopic (exact) mass is 410 g/mol. The van der Waals surface area contributed by atoms with Crippen LogP contribution in [0, 0.1) is 0 Å². The van der Waals surface area contributed by atoms with Gasteiger partial charge >= 0.3 is 0 Å². The summed E-state index contributed by atoms with van der Waals surface area (Å²) in [5, 5.41) is 0. The van der Waals surface area contributed by atoms with Crippen LogP contribution in [0.2, 0.25) is 0 Å². The Morgan fingerprint density at radius 3 is 1.37 bits per heavy atom. The third kappa shape index (κ3) is 4.45. The summed E-state index contributed by atoms with van der Waals surface area (Å²) in [6.07, 6.45) is 1.09. The lowest BCUT2D eigenvalue weighted by Crippen LogP contribution is -1.97. The highest BCUT2D eigenvalue weighted by atomic mass is 16.7. The Morgan fingerprint density at radius 1 is 0.533 bits per heavy atom. The molecular formula is C27H38O3. The van der Waals surface area contributed by atoms with Crippen molar-refractivity contribution in [1.29, 1.82) is 0 Å². The first-order valence-electron chi connectivity index (χ1n) is 11.4. The van der Waals surface area contributed by atoms with Crippen molar-refractivity contribution in [2.24, 2.45) is 0 Å². The van der Waals surface area contributed by atoms with Gasteiger partial charge in [0, 0.05) is 23.1 Å². The fourth-order valence-electron chi connectivity index (χ4n) is 4.29. The average Bonchev–Trinajstić information content (AvgIpc) is 3.35. The Kier molecular flexibility index (Phi) is 7.00. The Balaban J connectivity index is 0.000000171. The van der Waals surface area contributed by atoms with Crippen molar-refractivity contribution in [1.82, 2.24) is 0 Å². The van der Waals surface area contributed by atoms with Crippen molar-refractivity contribution in [2.75, 3.05) is 13.4 Å². The van der Waals surface area contributed by atoms with E-state index < -0.39 is 0 Å². The normalized spacial score (nSPS) is 14.3. The lowest BCUT2D eigenvalue weighted by atomic mass is 9.90. The maximum atomic E-state index is 5.78. The molecule has 0 fully saturated rings. The van der Waals surface area contributed by atoms with Crippen LogP contribution in [-0.4, -0.2) is 13.4 Å². The highest BCUT2D eigenvalue weighted by molar-refractivity contribution is 5.55. The van der Waals surface area contributed by atoms with Crippen LogP contribution < -0.4 is 14.2 Å². The first kappa shape index (κ1) is 22.5. The van der Waals surface area contributed by atoms with Crippen LogP contribution in [0.3, 0.4) is 0 Å². The molecule has 3 nitrogen and oxygen atoms in total. The molecule has 0 amide bonds. The van der Waals surface area contributed by atoms with E-state index in [9.17, 15) is 0 Å². The van der Waals surface area contributed by atoms with Crippen LogP contribution in [0.15, 0.2) is 24.3 Å². The second-order valence-electron chi connectivity index (χ2n) is 9.58. The second kappa shape index (κ2) is 9.32. The lowest BCUT2D eigenvalue weighted by molar-refractivity contribution is 0.172. The van der Waals surface area contributed by atoms with Crippen LogP contribution in [-0.2, 0) is 6.42 Å². The third-order valence-corrected chi connectivity index (χ3v) is 5.99. The van der Waals surface area contributed by atoms with Gasteiger partial charge in [-0.1, -0.05) is 79.7 Å². The van der Waals surface area contributed by atoms with E-state index in [4.69, 9.17) is 14.2 Å². The molecule has 0 atom stereocenters. The smallest absolute Gasteiger partial charge is 0.231 e. The molecule has 2 aliphatic rings. The molecule has 2 aliphatic heterocycles. The van der Waals surface area contributed by atoms with E-state index in [1.54, 1.807) is 0 Å². The van der Waals surface area contributed by atoms with E-state index in [1.165, 1.54) is 33.6 Å². The van der Waals surface area contributed by atoms with Gasteiger partial charge in [0.15, 0.2) is 11.5 Å². The molecule has 3 heteroatoms. The van der Waals surface area contributed by atoms with E-state index in [2.05, 4.69) is 79.7 Å². The lowest BCUT2D eigenvalue weighted by Gasteiger charge is -2.16. The first-order valence-corrected chi connectivity index (χ1v) is 11.4. The van der Waals surface area contributed by atoms with Gasteiger partial charge in [0.1, 0.15) is 5.75 Å². The van der Waals surface area contributed by atoms with Gasteiger partial charge in [0.25, 0.3) is 0 Å². The molecule has 0 saturated heterocycles. The van der Waals surface area contributed by atoms with Crippen molar-refractivity contribution < 1.29 is 14.2 Å². The summed E-state index contributed by atoms with van der Waals surface area (Å²) < 4.78 is 16.9. The van der Waals surface area contributed by atoms with Crippen molar-refractivity contribution in [3.63, 3.8) is 0 Å². The van der Waals surface area contributed by atoms with Crippen molar-refractivity contribution in [3.05, 3.63) is 52.1 Å². The van der Waals surface area contributed by atoms with Crippen molar-refractivity contribution >= 4 is 0 Å². The molecule has 0 saturated carbocycles. The molecule has 0 aromatic heterocycles. The van der Waals surface area contributed by atoms with E-state index in [0.29, 0.717) is 30.5 Å². The Hall–Kier alpha value is -2.16. The standard InChI is InChI=1S/C14H20O.C13H18O2/c1-9(2)11-5-6-12(10(3)4)14-13(11)7-8-15-14;1-8(2)10-5-6-11(9(3)4)13-12(10)14-7-15-13/h5-6,9-10H,7-8H2,1-4H3;5-6,8-9H,7H2,1-4H3. The largest absolute Gasteiger partial charge is 0.493 e. The predicted octanol–water partition coefficient (Wildman–Crippen LogP) is 7.53. The zero-order valence-corrected chi connectivity index (χ0v) is 20.0. The van der Waals surface area contributed by atoms with Crippen molar-refractivity contribution in [3.8, 4) is 17.2 Å². The van der Waals surface area contributed by atoms with Gasteiger partial charge in [-0.05, 0) is 34.8 Å². The molecule has 0 aliphatic carbocycles. The molecule has 0 N–H and O–H groups in total. The summed E-state index contributed by atoms with van der Waals surface area (Å²) in [6, 6.07) is 8.85. The minimum absolute atomic E-state index is 0.360. The molecule has 0 spiro atoms. The molecule has 0 unspecified atom stereocenters.